The van der Waals surface area contributed by atoms with Gasteiger partial charge in [0.15, 0.2) is 0 Å². The molecule has 196 valence electrons. The van der Waals surface area contributed by atoms with Crippen molar-refractivity contribution < 1.29 is 18.0 Å². The van der Waals surface area contributed by atoms with Crippen LogP contribution in [0.3, 0.4) is 0 Å². The van der Waals surface area contributed by atoms with Crippen LogP contribution in [-0.2, 0) is 26.2 Å². The van der Waals surface area contributed by atoms with E-state index in [1.807, 2.05) is 6.92 Å². The first-order valence-electron chi connectivity index (χ1n) is 11.2. The normalized spacial score (nSPS) is 12.1. The Kier molecular flexibility index (Phi) is 9.63. The zero-order valence-corrected chi connectivity index (χ0v) is 24.3. The third-order valence-corrected chi connectivity index (χ3v) is 8.62. The maximum atomic E-state index is 13.7. The molecule has 37 heavy (non-hydrogen) atoms. The van der Waals surface area contributed by atoms with Gasteiger partial charge in [-0.3, -0.25) is 13.9 Å². The molecule has 3 rings (SSSR count). The molecule has 3 aromatic rings. The molecule has 0 spiro atoms. The van der Waals surface area contributed by atoms with E-state index >= 15 is 0 Å². The van der Waals surface area contributed by atoms with Crippen molar-refractivity contribution in [3.63, 3.8) is 0 Å². The number of hydrogen-bond acceptors (Lipinski definition) is 4. The molecule has 1 atom stereocenters. The Morgan fingerprint density at radius 3 is 2.30 bits per heavy atom. The van der Waals surface area contributed by atoms with Gasteiger partial charge in [0.1, 0.15) is 12.6 Å². The number of hydrogen-bond donors (Lipinski definition) is 1. The molecule has 0 aromatic heterocycles. The Bertz CT molecular complexity index is 1400. The third kappa shape index (κ3) is 7.04. The van der Waals surface area contributed by atoms with Crippen LogP contribution in [-0.4, -0.2) is 44.8 Å². The second-order valence-corrected chi connectivity index (χ2v) is 12.0. The van der Waals surface area contributed by atoms with E-state index in [-0.39, 0.29) is 11.4 Å². The quantitative estimate of drug-likeness (QED) is 0.344. The Morgan fingerprint density at radius 1 is 1.03 bits per heavy atom. The van der Waals surface area contributed by atoms with Gasteiger partial charge in [0.05, 0.1) is 10.6 Å². The molecule has 0 unspecified atom stereocenters. The van der Waals surface area contributed by atoms with E-state index in [1.165, 1.54) is 24.1 Å². The summed E-state index contributed by atoms with van der Waals surface area (Å²) in [5.74, 6) is -0.994. The minimum absolute atomic E-state index is 0.0275. The Balaban J connectivity index is 2.05. The van der Waals surface area contributed by atoms with Crippen LogP contribution < -0.4 is 9.62 Å². The molecule has 3 aromatic carbocycles. The fraction of sp³-hybridized carbons (Fsp3) is 0.231. The van der Waals surface area contributed by atoms with Gasteiger partial charge in [-0.1, -0.05) is 69.0 Å². The van der Waals surface area contributed by atoms with Gasteiger partial charge in [-0.15, -0.1) is 0 Å². The number of likely N-dealkylation sites (N-methyl/N-ethyl adjacent to an activating group) is 1. The van der Waals surface area contributed by atoms with Gasteiger partial charge < -0.3 is 10.2 Å². The first-order valence-corrected chi connectivity index (χ1v) is 14.2. The summed E-state index contributed by atoms with van der Waals surface area (Å²) >= 11 is 15.7. The number of nitrogens with zero attached hydrogens (tertiary/aromatic N) is 2. The van der Waals surface area contributed by atoms with Gasteiger partial charge >= 0.3 is 0 Å². The lowest BCUT2D eigenvalue weighted by atomic mass is 10.1. The minimum atomic E-state index is -4.13. The number of carbonyl (C=O) groups is 2. The Hall–Kier alpha value is -2.59. The van der Waals surface area contributed by atoms with Gasteiger partial charge in [0.25, 0.3) is 10.0 Å². The molecule has 7 nitrogen and oxygen atoms in total. The van der Waals surface area contributed by atoms with Crippen molar-refractivity contribution in [1.29, 1.82) is 0 Å². The summed E-state index contributed by atoms with van der Waals surface area (Å²) in [4.78, 5) is 27.6. The topological polar surface area (TPSA) is 86.8 Å². The van der Waals surface area contributed by atoms with E-state index < -0.39 is 34.4 Å². The van der Waals surface area contributed by atoms with Crippen molar-refractivity contribution in [3.8, 4) is 0 Å². The third-order valence-electron chi connectivity index (χ3n) is 5.75. The molecule has 0 aliphatic carbocycles. The fourth-order valence-corrected chi connectivity index (χ4v) is 5.88. The van der Waals surface area contributed by atoms with Gasteiger partial charge in [0.2, 0.25) is 11.8 Å². The Labute approximate surface area is 235 Å². The average Bonchev–Trinajstić information content (AvgIpc) is 2.86. The van der Waals surface area contributed by atoms with Gasteiger partial charge in [-0.2, -0.15) is 0 Å². The molecule has 0 bridgehead atoms. The summed E-state index contributed by atoms with van der Waals surface area (Å²) in [5, 5.41) is 3.29. The number of aryl methyl sites for hydroxylation is 1. The highest BCUT2D eigenvalue weighted by atomic mass is 79.9. The van der Waals surface area contributed by atoms with Crippen LogP contribution in [0.25, 0.3) is 0 Å². The zero-order valence-electron chi connectivity index (χ0n) is 20.4. The SMILES string of the molecule is CNC(=O)[C@H](C)N(Cc1ccc(Cl)cc1Cl)C(=O)CN(c1cccc(Br)c1)S(=O)(=O)c1ccc(C)cc1. The largest absolute Gasteiger partial charge is 0.357 e. The van der Waals surface area contributed by atoms with Crippen molar-refractivity contribution in [2.75, 3.05) is 17.9 Å². The van der Waals surface area contributed by atoms with Crippen LogP contribution in [0.1, 0.15) is 18.1 Å². The lowest BCUT2D eigenvalue weighted by Gasteiger charge is -2.32. The molecule has 2 amide bonds. The number of sulfonamides is 1. The van der Waals surface area contributed by atoms with Crippen LogP contribution >= 0.6 is 39.1 Å². The number of amides is 2. The van der Waals surface area contributed by atoms with E-state index in [2.05, 4.69) is 21.2 Å². The minimum Gasteiger partial charge on any atom is -0.357 e. The number of anilines is 1. The van der Waals surface area contributed by atoms with Crippen LogP contribution in [0.2, 0.25) is 10.0 Å². The molecule has 0 aliphatic rings. The molecule has 0 aliphatic heterocycles. The van der Waals surface area contributed by atoms with Crippen LogP contribution in [0.4, 0.5) is 5.69 Å². The summed E-state index contributed by atoms with van der Waals surface area (Å²) in [6, 6.07) is 17.0. The van der Waals surface area contributed by atoms with Crippen molar-refractivity contribution in [3.05, 3.63) is 92.4 Å². The lowest BCUT2D eigenvalue weighted by molar-refractivity contribution is -0.139. The smallest absolute Gasteiger partial charge is 0.264 e. The second kappa shape index (κ2) is 12.3. The van der Waals surface area contributed by atoms with E-state index in [4.69, 9.17) is 23.2 Å². The van der Waals surface area contributed by atoms with Gasteiger partial charge in [0, 0.05) is 28.1 Å². The number of nitrogens with one attached hydrogen (secondary N) is 1. The Morgan fingerprint density at radius 2 is 1.70 bits per heavy atom. The summed E-state index contributed by atoms with van der Waals surface area (Å²) in [6.07, 6.45) is 0. The first-order chi connectivity index (χ1) is 17.4. The maximum Gasteiger partial charge on any atom is 0.264 e. The fourth-order valence-electron chi connectivity index (χ4n) is 3.62. The molecule has 0 saturated carbocycles. The first kappa shape index (κ1) is 29.0. The van der Waals surface area contributed by atoms with Crippen molar-refractivity contribution in [2.45, 2.75) is 31.3 Å². The van der Waals surface area contributed by atoms with Crippen LogP contribution in [0.15, 0.2) is 76.1 Å². The lowest BCUT2D eigenvalue weighted by Crippen LogP contribution is -2.50. The molecule has 0 fully saturated rings. The summed E-state index contributed by atoms with van der Waals surface area (Å²) in [6.45, 7) is 2.85. The predicted octanol–water partition coefficient (Wildman–Crippen LogP) is 5.42. The van der Waals surface area contributed by atoms with Crippen molar-refractivity contribution in [1.82, 2.24) is 10.2 Å². The number of halogens is 3. The predicted molar refractivity (Wildman–Crippen MR) is 150 cm³/mol. The number of rotatable bonds is 9. The number of carbonyl (C=O) groups excluding carboxylic acids is 2. The number of benzene rings is 3. The second-order valence-electron chi connectivity index (χ2n) is 8.35. The van der Waals surface area contributed by atoms with E-state index in [0.29, 0.717) is 25.8 Å². The van der Waals surface area contributed by atoms with E-state index in [9.17, 15) is 18.0 Å². The standard InChI is InChI=1S/C26H26BrCl2N3O4S/c1-17-7-11-23(12-8-17)37(35,36)32(22-6-4-5-20(27)13-22)16-25(33)31(18(2)26(34)30-3)15-19-9-10-21(28)14-24(19)29/h4-14,18H,15-16H2,1-3H3,(H,30,34)/t18-/m0/s1. The summed E-state index contributed by atoms with van der Waals surface area (Å²) in [5.41, 5.74) is 1.75. The van der Waals surface area contributed by atoms with Crippen LogP contribution in [0.5, 0.6) is 0 Å². The van der Waals surface area contributed by atoms with E-state index in [1.54, 1.807) is 61.5 Å². The highest BCUT2D eigenvalue weighted by Crippen LogP contribution is 2.28. The molecule has 0 radical (unpaired) electrons. The highest BCUT2D eigenvalue weighted by Gasteiger charge is 2.32. The molecular formula is C26H26BrCl2N3O4S. The maximum absolute atomic E-state index is 13.7. The van der Waals surface area contributed by atoms with Crippen molar-refractivity contribution in [2.24, 2.45) is 0 Å². The molecule has 0 saturated heterocycles. The zero-order chi connectivity index (χ0) is 27.3. The highest BCUT2D eigenvalue weighted by molar-refractivity contribution is 9.10. The van der Waals surface area contributed by atoms with Gasteiger partial charge in [-0.25, -0.2) is 8.42 Å². The summed E-state index contributed by atoms with van der Waals surface area (Å²) in [7, 11) is -2.67. The molecule has 0 heterocycles. The van der Waals surface area contributed by atoms with Crippen molar-refractivity contribution >= 4 is 66.7 Å². The summed E-state index contributed by atoms with van der Waals surface area (Å²) < 4.78 is 29.2. The van der Waals surface area contributed by atoms with E-state index in [0.717, 1.165) is 9.87 Å². The molecule has 1 N–H and O–H groups in total. The average molecular weight is 627 g/mol. The van der Waals surface area contributed by atoms with Gasteiger partial charge in [-0.05, 0) is 61.9 Å². The van der Waals surface area contributed by atoms with Crippen LogP contribution in [0, 0.1) is 6.92 Å². The molecule has 11 heteroatoms. The monoisotopic (exact) mass is 625 g/mol. The molecular weight excluding hydrogens is 601 g/mol.